The van der Waals surface area contributed by atoms with Crippen LogP contribution in [-0.2, 0) is 9.59 Å². The summed E-state index contributed by atoms with van der Waals surface area (Å²) in [5.41, 5.74) is 0. The highest BCUT2D eigenvalue weighted by Crippen LogP contribution is 1.74. The SMILES string of the molecule is CC(O)NC(C)O.O=C(O)/C=C/C(=O)O. The first-order chi connectivity index (χ1) is 6.75. The number of carbonyl (C=O) groups is 2. The van der Waals surface area contributed by atoms with Crippen LogP contribution in [0.2, 0.25) is 0 Å². The second kappa shape index (κ2) is 9.13. The molecule has 88 valence electrons. The van der Waals surface area contributed by atoms with E-state index in [0.717, 1.165) is 0 Å². The largest absolute Gasteiger partial charge is 0.478 e. The van der Waals surface area contributed by atoms with E-state index in [1.165, 1.54) is 0 Å². The van der Waals surface area contributed by atoms with Crippen molar-refractivity contribution in [1.29, 1.82) is 0 Å². The fourth-order valence-corrected chi connectivity index (χ4v) is 0.492. The Bertz CT molecular complexity index is 201. The number of rotatable bonds is 4. The van der Waals surface area contributed by atoms with Crippen molar-refractivity contribution in [3.05, 3.63) is 12.2 Å². The third kappa shape index (κ3) is 24.5. The van der Waals surface area contributed by atoms with Crippen molar-refractivity contribution in [2.75, 3.05) is 0 Å². The maximum absolute atomic E-state index is 9.55. The molecule has 0 bridgehead atoms. The molecule has 0 saturated heterocycles. The van der Waals surface area contributed by atoms with Gasteiger partial charge in [-0.1, -0.05) is 0 Å². The van der Waals surface area contributed by atoms with Crippen LogP contribution in [0.1, 0.15) is 13.8 Å². The van der Waals surface area contributed by atoms with E-state index < -0.39 is 24.4 Å². The van der Waals surface area contributed by atoms with Crippen LogP contribution in [0.3, 0.4) is 0 Å². The van der Waals surface area contributed by atoms with Gasteiger partial charge in [-0.15, -0.1) is 0 Å². The van der Waals surface area contributed by atoms with Gasteiger partial charge >= 0.3 is 11.9 Å². The van der Waals surface area contributed by atoms with Gasteiger partial charge in [-0.05, 0) is 13.8 Å². The number of carboxylic acids is 2. The number of hydrogen-bond donors (Lipinski definition) is 5. The van der Waals surface area contributed by atoms with E-state index in [9.17, 15) is 9.59 Å². The molecule has 0 aliphatic carbocycles. The highest BCUT2D eigenvalue weighted by atomic mass is 16.4. The van der Waals surface area contributed by atoms with Gasteiger partial charge in [-0.2, -0.15) is 0 Å². The van der Waals surface area contributed by atoms with E-state index >= 15 is 0 Å². The molecule has 0 aromatic heterocycles. The van der Waals surface area contributed by atoms with E-state index in [0.29, 0.717) is 12.2 Å². The van der Waals surface area contributed by atoms with E-state index in [1.807, 2.05) is 0 Å². The van der Waals surface area contributed by atoms with Crippen molar-refractivity contribution < 1.29 is 30.0 Å². The van der Waals surface area contributed by atoms with Gasteiger partial charge in [0.2, 0.25) is 0 Å². The van der Waals surface area contributed by atoms with Crippen LogP contribution in [0.25, 0.3) is 0 Å². The first-order valence-electron chi connectivity index (χ1n) is 4.01. The summed E-state index contributed by atoms with van der Waals surface area (Å²) in [6, 6.07) is 0. The molecule has 0 spiro atoms. The minimum absolute atomic E-state index is 0.558. The fraction of sp³-hybridized carbons (Fsp3) is 0.500. The van der Waals surface area contributed by atoms with Gasteiger partial charge in [0.05, 0.1) is 0 Å². The fourth-order valence-electron chi connectivity index (χ4n) is 0.492. The molecule has 0 heterocycles. The van der Waals surface area contributed by atoms with Gasteiger partial charge < -0.3 is 20.4 Å². The summed E-state index contributed by atoms with van der Waals surface area (Å²) >= 11 is 0. The van der Waals surface area contributed by atoms with Crippen molar-refractivity contribution >= 4 is 11.9 Å². The molecular formula is C8H15NO6. The average Bonchev–Trinajstić information content (AvgIpc) is 1.99. The lowest BCUT2D eigenvalue weighted by molar-refractivity contribution is -0.134. The topological polar surface area (TPSA) is 127 Å². The van der Waals surface area contributed by atoms with Crippen LogP contribution in [0.5, 0.6) is 0 Å². The molecule has 7 nitrogen and oxygen atoms in total. The highest BCUT2D eigenvalue weighted by Gasteiger charge is 1.95. The van der Waals surface area contributed by atoms with Crippen molar-refractivity contribution in [3.8, 4) is 0 Å². The molecule has 0 aliphatic heterocycles. The summed E-state index contributed by atoms with van der Waals surface area (Å²) in [6.07, 6.45) is -0.134. The number of aliphatic hydroxyl groups excluding tert-OH is 2. The molecule has 0 rings (SSSR count). The highest BCUT2D eigenvalue weighted by molar-refractivity contribution is 5.89. The Morgan fingerprint density at radius 1 is 1.00 bits per heavy atom. The average molecular weight is 221 g/mol. The second-order valence-electron chi connectivity index (χ2n) is 2.53. The van der Waals surface area contributed by atoms with E-state index in [4.69, 9.17) is 20.4 Å². The Morgan fingerprint density at radius 3 is 1.33 bits per heavy atom. The minimum atomic E-state index is -1.26. The standard InChI is InChI=1S/C4H11NO2.C4H4O4/c1-3(6)5-4(2)7;5-3(6)1-2-4(7)8/h3-7H,1-2H3;1-2H,(H,5,6)(H,7,8)/b;2-1+. The maximum Gasteiger partial charge on any atom is 0.328 e. The quantitative estimate of drug-likeness (QED) is 0.303. The van der Waals surface area contributed by atoms with Gasteiger partial charge in [-0.3, -0.25) is 5.32 Å². The summed E-state index contributed by atoms with van der Waals surface area (Å²) in [5.74, 6) is -2.51. The maximum atomic E-state index is 9.55. The Balaban J connectivity index is 0. The summed E-state index contributed by atoms with van der Waals surface area (Å²) in [6.45, 7) is 3.10. The van der Waals surface area contributed by atoms with Crippen LogP contribution >= 0.6 is 0 Å². The molecule has 2 atom stereocenters. The molecule has 0 aromatic carbocycles. The lowest BCUT2D eigenvalue weighted by Crippen LogP contribution is -2.33. The van der Waals surface area contributed by atoms with Crippen molar-refractivity contribution in [3.63, 3.8) is 0 Å². The summed E-state index contributed by atoms with van der Waals surface area (Å²) in [4.78, 5) is 19.1. The molecule has 2 unspecified atom stereocenters. The van der Waals surface area contributed by atoms with Crippen molar-refractivity contribution in [1.82, 2.24) is 5.32 Å². The molecule has 0 aromatic rings. The van der Waals surface area contributed by atoms with Crippen molar-refractivity contribution in [2.24, 2.45) is 0 Å². The number of nitrogens with one attached hydrogen (secondary N) is 1. The molecule has 5 N–H and O–H groups in total. The van der Waals surface area contributed by atoms with Crippen LogP contribution in [0, 0.1) is 0 Å². The first kappa shape index (κ1) is 16.0. The lowest BCUT2D eigenvalue weighted by Gasteiger charge is -2.08. The van der Waals surface area contributed by atoms with Gasteiger partial charge in [0.15, 0.2) is 0 Å². The van der Waals surface area contributed by atoms with E-state index in [-0.39, 0.29) is 0 Å². The number of aliphatic hydroxyl groups is 2. The van der Waals surface area contributed by atoms with Gasteiger partial charge in [0, 0.05) is 12.2 Å². The molecule has 0 amide bonds. The zero-order valence-electron chi connectivity index (χ0n) is 8.41. The number of aliphatic carboxylic acids is 2. The van der Waals surface area contributed by atoms with Crippen LogP contribution < -0.4 is 5.32 Å². The van der Waals surface area contributed by atoms with Crippen LogP contribution in [-0.4, -0.2) is 44.8 Å². The summed E-state index contributed by atoms with van der Waals surface area (Å²) in [5, 5.41) is 34.9. The van der Waals surface area contributed by atoms with Gasteiger partial charge in [0.25, 0.3) is 0 Å². The van der Waals surface area contributed by atoms with Crippen LogP contribution in [0.15, 0.2) is 12.2 Å². The number of carboxylic acid groups (broad SMARTS) is 2. The van der Waals surface area contributed by atoms with Gasteiger partial charge in [0.1, 0.15) is 12.5 Å². The Kier molecular flexibility index (Phi) is 9.74. The molecular weight excluding hydrogens is 206 g/mol. The van der Waals surface area contributed by atoms with Crippen LogP contribution in [0.4, 0.5) is 0 Å². The Hall–Kier alpha value is -1.44. The Morgan fingerprint density at radius 2 is 1.27 bits per heavy atom. The lowest BCUT2D eigenvalue weighted by atomic mass is 10.5. The third-order valence-corrected chi connectivity index (χ3v) is 0.851. The molecule has 0 saturated carbocycles. The third-order valence-electron chi connectivity index (χ3n) is 0.851. The molecule has 0 radical (unpaired) electrons. The monoisotopic (exact) mass is 221 g/mol. The first-order valence-corrected chi connectivity index (χ1v) is 4.01. The zero-order chi connectivity index (χ0) is 12.4. The predicted molar refractivity (Wildman–Crippen MR) is 50.9 cm³/mol. The molecule has 0 aliphatic rings. The Labute approximate surface area is 86.7 Å². The predicted octanol–water partition coefficient (Wildman–Crippen LogP) is -1.04. The second-order valence-corrected chi connectivity index (χ2v) is 2.53. The summed E-state index contributed by atoms with van der Waals surface area (Å²) in [7, 11) is 0. The zero-order valence-corrected chi connectivity index (χ0v) is 8.41. The number of hydrogen-bond acceptors (Lipinski definition) is 5. The van der Waals surface area contributed by atoms with E-state index in [2.05, 4.69) is 5.32 Å². The van der Waals surface area contributed by atoms with Crippen molar-refractivity contribution in [2.45, 2.75) is 26.3 Å². The minimum Gasteiger partial charge on any atom is -0.478 e. The molecule has 15 heavy (non-hydrogen) atoms. The normalized spacial score (nSPS) is 13.9. The smallest absolute Gasteiger partial charge is 0.328 e. The van der Waals surface area contributed by atoms with Gasteiger partial charge in [-0.25, -0.2) is 9.59 Å². The molecule has 0 fully saturated rings. The van der Waals surface area contributed by atoms with E-state index in [1.54, 1.807) is 13.8 Å². The molecule has 7 heteroatoms. The summed E-state index contributed by atoms with van der Waals surface area (Å²) < 4.78 is 0.